The summed E-state index contributed by atoms with van der Waals surface area (Å²) >= 11 is 0. The molecule has 20 heavy (non-hydrogen) atoms. The number of anilines is 2. The van der Waals surface area contributed by atoms with Gasteiger partial charge in [0.05, 0.1) is 17.3 Å². The molecule has 0 fully saturated rings. The Hall–Kier alpha value is -2.63. The van der Waals surface area contributed by atoms with Gasteiger partial charge in [-0.15, -0.1) is 0 Å². The van der Waals surface area contributed by atoms with Crippen molar-refractivity contribution in [1.82, 2.24) is 9.97 Å². The Balaban J connectivity index is 2.23. The van der Waals surface area contributed by atoms with E-state index in [9.17, 15) is 4.79 Å². The number of aromatic nitrogens is 2. The lowest BCUT2D eigenvalue weighted by Crippen LogP contribution is -2.12. The number of carboxylic acid groups (broad SMARTS) is 1. The monoisotopic (exact) mass is 272 g/mol. The highest BCUT2D eigenvalue weighted by Crippen LogP contribution is 2.21. The van der Waals surface area contributed by atoms with Crippen molar-refractivity contribution in [2.45, 2.75) is 13.0 Å². The third kappa shape index (κ3) is 3.03. The fourth-order valence-corrected chi connectivity index (χ4v) is 1.84. The van der Waals surface area contributed by atoms with Crippen LogP contribution in [0.4, 0.5) is 11.6 Å². The first-order valence-corrected chi connectivity index (χ1v) is 6.21. The molecular weight excluding hydrogens is 256 g/mol. The van der Waals surface area contributed by atoms with E-state index in [1.165, 1.54) is 0 Å². The van der Waals surface area contributed by atoms with Crippen molar-refractivity contribution in [2.75, 3.05) is 17.7 Å². The first-order chi connectivity index (χ1) is 9.61. The Morgan fingerprint density at radius 1 is 1.30 bits per heavy atom. The highest BCUT2D eigenvalue weighted by atomic mass is 16.4. The number of para-hydroxylation sites is 1. The summed E-state index contributed by atoms with van der Waals surface area (Å²) in [7, 11) is 1.75. The molecule has 0 radical (unpaired) electrons. The van der Waals surface area contributed by atoms with Crippen LogP contribution < -0.4 is 10.6 Å². The first-order valence-electron chi connectivity index (χ1n) is 6.21. The molecule has 1 atom stereocenters. The van der Waals surface area contributed by atoms with Crippen LogP contribution >= 0.6 is 0 Å². The van der Waals surface area contributed by atoms with Crippen LogP contribution in [0, 0.1) is 0 Å². The Kier molecular flexibility index (Phi) is 4.14. The van der Waals surface area contributed by atoms with E-state index in [4.69, 9.17) is 5.11 Å². The maximum Gasteiger partial charge on any atom is 0.337 e. The largest absolute Gasteiger partial charge is 0.478 e. The first kappa shape index (κ1) is 13.8. The summed E-state index contributed by atoms with van der Waals surface area (Å²) in [5.41, 5.74) is 1.59. The zero-order chi connectivity index (χ0) is 14.5. The van der Waals surface area contributed by atoms with E-state index in [0.29, 0.717) is 11.6 Å². The molecule has 104 valence electrons. The minimum absolute atomic E-state index is 0.134. The Bertz CT molecular complexity index is 616. The number of aromatic carboxylic acids is 1. The maximum absolute atomic E-state index is 11.2. The zero-order valence-corrected chi connectivity index (χ0v) is 11.3. The topological polar surface area (TPSA) is 87.1 Å². The number of hydrogen-bond donors (Lipinski definition) is 3. The van der Waals surface area contributed by atoms with Crippen LogP contribution in [0.15, 0.2) is 36.5 Å². The molecule has 1 aromatic heterocycles. The van der Waals surface area contributed by atoms with Crippen LogP contribution in [0.1, 0.15) is 29.0 Å². The number of hydrogen-bond acceptors (Lipinski definition) is 5. The summed E-state index contributed by atoms with van der Waals surface area (Å²) in [6.45, 7) is 1.92. The molecule has 0 spiro atoms. The van der Waals surface area contributed by atoms with Gasteiger partial charge in [0.25, 0.3) is 0 Å². The van der Waals surface area contributed by atoms with Gasteiger partial charge in [0.15, 0.2) is 0 Å². The van der Waals surface area contributed by atoms with Crippen molar-refractivity contribution < 1.29 is 9.90 Å². The highest BCUT2D eigenvalue weighted by molar-refractivity contribution is 5.94. The molecule has 2 rings (SSSR count). The normalized spacial score (nSPS) is 11.7. The quantitative estimate of drug-likeness (QED) is 0.774. The smallest absolute Gasteiger partial charge is 0.337 e. The van der Waals surface area contributed by atoms with Crippen molar-refractivity contribution in [3.05, 3.63) is 47.8 Å². The van der Waals surface area contributed by atoms with Gasteiger partial charge in [-0.3, -0.25) is 0 Å². The highest BCUT2D eigenvalue weighted by Gasteiger charge is 2.13. The standard InChI is InChI=1S/C14H16N4O2/c1-9(11-7-8-16-14(15-2)18-11)17-12-6-4-3-5-10(12)13(19)20/h3-9,17H,1-2H3,(H,19,20)(H,15,16,18). The Labute approximate surface area is 116 Å². The summed E-state index contributed by atoms with van der Waals surface area (Å²) in [6.07, 6.45) is 1.66. The lowest BCUT2D eigenvalue weighted by molar-refractivity contribution is 0.0698. The van der Waals surface area contributed by atoms with E-state index in [0.717, 1.165) is 5.69 Å². The third-order valence-corrected chi connectivity index (χ3v) is 2.87. The summed E-state index contributed by atoms with van der Waals surface area (Å²) in [5, 5.41) is 15.2. The fraction of sp³-hybridized carbons (Fsp3) is 0.214. The average Bonchev–Trinajstić information content (AvgIpc) is 2.47. The van der Waals surface area contributed by atoms with Crippen molar-refractivity contribution in [1.29, 1.82) is 0 Å². The molecule has 2 aromatic rings. The average molecular weight is 272 g/mol. The second kappa shape index (κ2) is 6.01. The number of rotatable bonds is 5. The molecule has 0 amide bonds. The van der Waals surface area contributed by atoms with Gasteiger partial charge in [-0.1, -0.05) is 12.1 Å². The van der Waals surface area contributed by atoms with Gasteiger partial charge in [0, 0.05) is 18.9 Å². The van der Waals surface area contributed by atoms with Gasteiger partial charge in [0.2, 0.25) is 5.95 Å². The van der Waals surface area contributed by atoms with Gasteiger partial charge in [-0.05, 0) is 25.1 Å². The Morgan fingerprint density at radius 3 is 2.75 bits per heavy atom. The van der Waals surface area contributed by atoms with Crippen molar-refractivity contribution in [2.24, 2.45) is 0 Å². The molecule has 3 N–H and O–H groups in total. The lowest BCUT2D eigenvalue weighted by Gasteiger charge is -2.16. The Morgan fingerprint density at radius 2 is 2.05 bits per heavy atom. The summed E-state index contributed by atoms with van der Waals surface area (Å²) in [6, 6.07) is 8.45. The SMILES string of the molecule is CNc1nccc(C(C)Nc2ccccc2C(=O)O)n1. The second-order valence-corrected chi connectivity index (χ2v) is 4.27. The second-order valence-electron chi connectivity index (χ2n) is 4.27. The maximum atomic E-state index is 11.2. The van der Waals surface area contributed by atoms with Crippen LogP contribution in [0.5, 0.6) is 0 Å². The van der Waals surface area contributed by atoms with Crippen LogP contribution in [-0.2, 0) is 0 Å². The molecule has 1 aromatic carbocycles. The minimum Gasteiger partial charge on any atom is -0.478 e. The predicted octanol–water partition coefficient (Wildman–Crippen LogP) is 2.39. The van der Waals surface area contributed by atoms with Gasteiger partial charge in [-0.25, -0.2) is 14.8 Å². The number of carboxylic acids is 1. The van der Waals surface area contributed by atoms with Gasteiger partial charge in [-0.2, -0.15) is 0 Å². The van der Waals surface area contributed by atoms with E-state index < -0.39 is 5.97 Å². The fourth-order valence-electron chi connectivity index (χ4n) is 1.84. The molecule has 1 unspecified atom stereocenters. The number of nitrogens with one attached hydrogen (secondary N) is 2. The lowest BCUT2D eigenvalue weighted by atomic mass is 10.1. The zero-order valence-electron chi connectivity index (χ0n) is 11.3. The molecule has 0 aliphatic rings. The van der Waals surface area contributed by atoms with Crippen LogP contribution in [0.25, 0.3) is 0 Å². The molecule has 0 aliphatic carbocycles. The molecule has 6 nitrogen and oxygen atoms in total. The van der Waals surface area contributed by atoms with Gasteiger partial charge in [0.1, 0.15) is 0 Å². The number of nitrogens with zero attached hydrogens (tertiary/aromatic N) is 2. The summed E-state index contributed by atoms with van der Waals surface area (Å²) < 4.78 is 0. The molecule has 1 heterocycles. The van der Waals surface area contributed by atoms with Crippen LogP contribution in [-0.4, -0.2) is 28.1 Å². The predicted molar refractivity (Wildman–Crippen MR) is 77.0 cm³/mol. The van der Waals surface area contributed by atoms with E-state index in [2.05, 4.69) is 20.6 Å². The molecule has 0 aliphatic heterocycles. The van der Waals surface area contributed by atoms with E-state index in [1.807, 2.05) is 6.92 Å². The number of benzene rings is 1. The summed E-state index contributed by atoms with van der Waals surface area (Å²) in [4.78, 5) is 19.5. The number of carbonyl (C=O) groups is 1. The van der Waals surface area contributed by atoms with Gasteiger partial charge < -0.3 is 15.7 Å². The summed E-state index contributed by atoms with van der Waals surface area (Å²) in [5.74, 6) is -0.429. The van der Waals surface area contributed by atoms with Crippen LogP contribution in [0.2, 0.25) is 0 Å². The van der Waals surface area contributed by atoms with Crippen molar-refractivity contribution >= 4 is 17.6 Å². The third-order valence-electron chi connectivity index (χ3n) is 2.87. The van der Waals surface area contributed by atoms with E-state index in [-0.39, 0.29) is 11.6 Å². The molecular formula is C14H16N4O2. The van der Waals surface area contributed by atoms with Crippen molar-refractivity contribution in [3.63, 3.8) is 0 Å². The molecule has 0 saturated carbocycles. The molecule has 6 heteroatoms. The molecule has 0 bridgehead atoms. The van der Waals surface area contributed by atoms with Gasteiger partial charge >= 0.3 is 5.97 Å². The van der Waals surface area contributed by atoms with Crippen LogP contribution in [0.3, 0.4) is 0 Å². The molecule has 0 saturated heterocycles. The van der Waals surface area contributed by atoms with E-state index in [1.54, 1.807) is 43.6 Å². The van der Waals surface area contributed by atoms with E-state index >= 15 is 0 Å². The van der Waals surface area contributed by atoms with Crippen molar-refractivity contribution in [3.8, 4) is 0 Å². The minimum atomic E-state index is -0.959.